The van der Waals surface area contributed by atoms with E-state index < -0.39 is 0 Å². The lowest BCUT2D eigenvalue weighted by Crippen LogP contribution is -2.53. The second-order valence-electron chi connectivity index (χ2n) is 6.54. The highest BCUT2D eigenvalue weighted by Gasteiger charge is 2.23. The lowest BCUT2D eigenvalue weighted by Gasteiger charge is -2.37. The summed E-state index contributed by atoms with van der Waals surface area (Å²) in [4.78, 5) is 5.03. The van der Waals surface area contributed by atoms with Gasteiger partial charge < -0.3 is 15.0 Å². The number of ether oxygens (including phenoxy) is 1. The van der Waals surface area contributed by atoms with Gasteiger partial charge in [0.05, 0.1) is 13.2 Å². The summed E-state index contributed by atoms with van der Waals surface area (Å²) in [5.74, 6) is 0. The van der Waals surface area contributed by atoms with Gasteiger partial charge in [0.2, 0.25) is 0 Å². The number of morpholine rings is 1. The molecule has 0 spiro atoms. The van der Waals surface area contributed by atoms with Crippen LogP contribution in [-0.2, 0) is 11.3 Å². The van der Waals surface area contributed by atoms with E-state index in [9.17, 15) is 0 Å². The van der Waals surface area contributed by atoms with E-state index in [0.717, 1.165) is 50.4 Å². The number of nitrogens with one attached hydrogen (secondary N) is 1. The van der Waals surface area contributed by atoms with Crippen molar-refractivity contribution in [3.05, 3.63) is 28.2 Å². The van der Waals surface area contributed by atoms with E-state index in [2.05, 4.69) is 63.1 Å². The fourth-order valence-corrected chi connectivity index (χ4v) is 3.93. The molecule has 2 saturated heterocycles. The van der Waals surface area contributed by atoms with Crippen LogP contribution in [0.1, 0.15) is 19.4 Å². The van der Waals surface area contributed by atoms with Gasteiger partial charge in [-0.05, 0) is 31.5 Å². The van der Waals surface area contributed by atoms with E-state index in [-0.39, 0.29) is 0 Å². The van der Waals surface area contributed by atoms with Crippen LogP contribution in [0.2, 0.25) is 0 Å². The lowest BCUT2D eigenvalue weighted by atomic mass is 10.1. The Morgan fingerprint density at radius 1 is 1.18 bits per heavy atom. The molecule has 2 unspecified atom stereocenters. The summed E-state index contributed by atoms with van der Waals surface area (Å²) in [5, 5.41) is 3.61. The fraction of sp³-hybridized carbons (Fsp3) is 0.647. The van der Waals surface area contributed by atoms with E-state index in [1.165, 1.54) is 11.3 Å². The lowest BCUT2D eigenvalue weighted by molar-refractivity contribution is 0.122. The third-order valence-corrected chi connectivity index (χ3v) is 4.92. The first-order valence-electron chi connectivity index (χ1n) is 8.21. The zero-order chi connectivity index (χ0) is 15.5. The van der Waals surface area contributed by atoms with Crippen molar-refractivity contribution in [1.29, 1.82) is 0 Å². The second-order valence-corrected chi connectivity index (χ2v) is 7.45. The molecule has 122 valence electrons. The Labute approximate surface area is 141 Å². The van der Waals surface area contributed by atoms with Gasteiger partial charge in [-0.25, -0.2) is 0 Å². The maximum absolute atomic E-state index is 5.50. The topological polar surface area (TPSA) is 27.7 Å². The first-order valence-corrected chi connectivity index (χ1v) is 9.00. The van der Waals surface area contributed by atoms with E-state index >= 15 is 0 Å². The molecule has 0 aliphatic carbocycles. The molecule has 0 amide bonds. The first-order chi connectivity index (χ1) is 10.6. The summed E-state index contributed by atoms with van der Waals surface area (Å²) in [7, 11) is 0. The highest BCUT2D eigenvalue weighted by atomic mass is 79.9. The number of anilines is 1. The van der Waals surface area contributed by atoms with Crippen LogP contribution in [0.3, 0.4) is 0 Å². The molecular weight excluding hydrogens is 342 g/mol. The van der Waals surface area contributed by atoms with Crippen LogP contribution in [0.5, 0.6) is 0 Å². The van der Waals surface area contributed by atoms with Gasteiger partial charge in [0.15, 0.2) is 0 Å². The summed E-state index contributed by atoms with van der Waals surface area (Å²) >= 11 is 3.63. The summed E-state index contributed by atoms with van der Waals surface area (Å²) in [6.45, 7) is 11.4. The minimum atomic E-state index is 0.561. The van der Waals surface area contributed by atoms with E-state index in [0.29, 0.717) is 12.1 Å². The predicted octanol–water partition coefficient (Wildman–Crippen LogP) is 2.47. The van der Waals surface area contributed by atoms with Crippen LogP contribution >= 0.6 is 15.9 Å². The summed E-state index contributed by atoms with van der Waals surface area (Å²) in [5.41, 5.74) is 2.78. The summed E-state index contributed by atoms with van der Waals surface area (Å²) < 4.78 is 6.65. The molecule has 5 heteroatoms. The van der Waals surface area contributed by atoms with Gasteiger partial charge in [0.25, 0.3) is 0 Å². The Morgan fingerprint density at radius 2 is 1.86 bits per heavy atom. The molecule has 2 fully saturated rings. The zero-order valence-electron chi connectivity index (χ0n) is 13.5. The third kappa shape index (κ3) is 4.02. The molecule has 1 N–H and O–H groups in total. The van der Waals surface area contributed by atoms with Gasteiger partial charge in [0.1, 0.15) is 0 Å². The maximum Gasteiger partial charge on any atom is 0.0642 e. The average molecular weight is 368 g/mol. The van der Waals surface area contributed by atoms with Crippen LogP contribution < -0.4 is 10.2 Å². The number of hydrogen-bond donors (Lipinski definition) is 1. The van der Waals surface area contributed by atoms with Crippen LogP contribution in [-0.4, -0.2) is 56.4 Å². The van der Waals surface area contributed by atoms with Gasteiger partial charge in [0, 0.05) is 55.0 Å². The van der Waals surface area contributed by atoms with Gasteiger partial charge in [-0.3, -0.25) is 4.90 Å². The zero-order valence-corrected chi connectivity index (χ0v) is 15.1. The molecule has 2 aliphatic heterocycles. The smallest absolute Gasteiger partial charge is 0.0642 e. The van der Waals surface area contributed by atoms with Crippen molar-refractivity contribution in [2.45, 2.75) is 32.5 Å². The largest absolute Gasteiger partial charge is 0.378 e. The summed E-state index contributed by atoms with van der Waals surface area (Å²) in [6.07, 6.45) is 0. The van der Waals surface area contributed by atoms with Crippen molar-refractivity contribution in [3.8, 4) is 0 Å². The Morgan fingerprint density at radius 3 is 2.55 bits per heavy atom. The number of hydrogen-bond acceptors (Lipinski definition) is 4. The van der Waals surface area contributed by atoms with Crippen molar-refractivity contribution in [1.82, 2.24) is 10.2 Å². The number of piperazine rings is 1. The number of benzene rings is 1. The molecule has 0 radical (unpaired) electrons. The average Bonchev–Trinajstić information content (AvgIpc) is 2.49. The summed E-state index contributed by atoms with van der Waals surface area (Å²) in [6, 6.07) is 7.81. The van der Waals surface area contributed by atoms with Crippen LogP contribution in [0.15, 0.2) is 22.7 Å². The molecule has 22 heavy (non-hydrogen) atoms. The van der Waals surface area contributed by atoms with Gasteiger partial charge in [-0.1, -0.05) is 22.0 Å². The SMILES string of the molecule is CC1CN(Cc2ccc(Br)cc2N2CCOCC2)CC(C)N1. The predicted molar refractivity (Wildman–Crippen MR) is 94.5 cm³/mol. The van der Waals surface area contributed by atoms with Crippen molar-refractivity contribution in [2.24, 2.45) is 0 Å². The first kappa shape index (κ1) is 16.2. The highest BCUT2D eigenvalue weighted by Crippen LogP contribution is 2.27. The van der Waals surface area contributed by atoms with Gasteiger partial charge in [-0.15, -0.1) is 0 Å². The number of rotatable bonds is 3. The Bertz CT molecular complexity index is 495. The minimum Gasteiger partial charge on any atom is -0.378 e. The van der Waals surface area contributed by atoms with Crippen LogP contribution in [0, 0.1) is 0 Å². The van der Waals surface area contributed by atoms with E-state index in [1.54, 1.807) is 0 Å². The van der Waals surface area contributed by atoms with Crippen molar-refractivity contribution in [3.63, 3.8) is 0 Å². The molecule has 2 aliphatic rings. The molecule has 3 rings (SSSR count). The molecule has 0 bridgehead atoms. The molecule has 1 aromatic rings. The van der Waals surface area contributed by atoms with Gasteiger partial charge >= 0.3 is 0 Å². The standard InChI is InChI=1S/C17H26BrN3O/c1-13-10-20(11-14(2)19-13)12-15-3-4-16(18)9-17(15)21-5-7-22-8-6-21/h3-4,9,13-14,19H,5-8,10-12H2,1-2H3. The monoisotopic (exact) mass is 367 g/mol. The maximum atomic E-state index is 5.50. The molecule has 2 atom stereocenters. The Balaban J connectivity index is 1.77. The van der Waals surface area contributed by atoms with E-state index in [4.69, 9.17) is 4.74 Å². The molecule has 1 aromatic carbocycles. The van der Waals surface area contributed by atoms with Crippen molar-refractivity contribution < 1.29 is 4.74 Å². The molecule has 2 heterocycles. The van der Waals surface area contributed by atoms with E-state index in [1.807, 2.05) is 0 Å². The number of nitrogens with zero attached hydrogens (tertiary/aromatic N) is 2. The van der Waals surface area contributed by atoms with Gasteiger partial charge in [-0.2, -0.15) is 0 Å². The molecule has 4 nitrogen and oxygen atoms in total. The van der Waals surface area contributed by atoms with Crippen molar-refractivity contribution >= 4 is 21.6 Å². The minimum absolute atomic E-state index is 0.561. The number of halogens is 1. The Hall–Kier alpha value is -0.620. The Kier molecular flexibility index (Phi) is 5.39. The molecular formula is C17H26BrN3O. The molecule has 0 saturated carbocycles. The normalized spacial score (nSPS) is 27.1. The fourth-order valence-electron chi connectivity index (χ4n) is 3.58. The van der Waals surface area contributed by atoms with Crippen molar-refractivity contribution in [2.75, 3.05) is 44.3 Å². The molecule has 0 aromatic heterocycles. The van der Waals surface area contributed by atoms with Crippen LogP contribution in [0.25, 0.3) is 0 Å². The van der Waals surface area contributed by atoms with Crippen LogP contribution in [0.4, 0.5) is 5.69 Å². The second kappa shape index (κ2) is 7.30. The quantitative estimate of drug-likeness (QED) is 0.887. The highest BCUT2D eigenvalue weighted by molar-refractivity contribution is 9.10. The third-order valence-electron chi connectivity index (χ3n) is 4.43.